The van der Waals surface area contributed by atoms with E-state index in [0.717, 1.165) is 0 Å². The van der Waals surface area contributed by atoms with Gasteiger partial charge in [-0.05, 0) is 23.5 Å². The van der Waals surface area contributed by atoms with Crippen LogP contribution >= 0.6 is 0 Å². The molecule has 0 heterocycles. The van der Waals surface area contributed by atoms with Crippen molar-refractivity contribution in [2.75, 3.05) is 0 Å². The molecule has 1 aliphatic carbocycles. The summed E-state index contributed by atoms with van der Waals surface area (Å²) in [5, 5.41) is 9.11. The number of hydrogen-bond acceptors (Lipinski definition) is 1. The zero-order valence-corrected chi connectivity index (χ0v) is 9.32. The zero-order valence-electron chi connectivity index (χ0n) is 9.32. The lowest BCUT2D eigenvalue weighted by Gasteiger charge is -2.05. The largest absolute Gasteiger partial charge is 0.481 e. The zero-order chi connectivity index (χ0) is 11.2. The molecule has 2 nitrogen and oxygen atoms in total. The molecule has 1 aromatic carbocycles. The first-order chi connectivity index (χ1) is 6.96. The number of carbonyl (C=O) groups is 1. The van der Waals surface area contributed by atoms with Crippen molar-refractivity contribution in [3.63, 3.8) is 0 Å². The molecule has 1 fully saturated rings. The maximum atomic E-state index is 11.1. The monoisotopic (exact) mass is 204 g/mol. The number of carboxylic acids is 1. The van der Waals surface area contributed by atoms with E-state index in [4.69, 9.17) is 5.11 Å². The summed E-state index contributed by atoms with van der Waals surface area (Å²) in [4.78, 5) is 11.1. The normalized spacial score (nSPS) is 27.4. The molecule has 1 N–H and O–H groups in total. The molecule has 0 spiro atoms. The highest BCUT2D eigenvalue weighted by atomic mass is 16.4. The van der Waals surface area contributed by atoms with E-state index >= 15 is 0 Å². The first-order valence-electron chi connectivity index (χ1n) is 5.24. The second-order valence-electron chi connectivity index (χ2n) is 4.97. The number of aliphatic carboxylic acids is 1. The van der Waals surface area contributed by atoms with E-state index in [9.17, 15) is 4.79 Å². The van der Waals surface area contributed by atoms with E-state index in [0.29, 0.717) is 0 Å². The Morgan fingerprint density at radius 1 is 1.33 bits per heavy atom. The minimum Gasteiger partial charge on any atom is -0.481 e. The predicted octanol–water partition coefficient (Wildman–Crippen LogP) is 2.82. The Balaban J connectivity index is 2.36. The molecule has 0 saturated heterocycles. The summed E-state index contributed by atoms with van der Waals surface area (Å²) in [6.45, 7) is 6.11. The third-order valence-electron chi connectivity index (χ3n) is 3.62. The van der Waals surface area contributed by atoms with E-state index in [-0.39, 0.29) is 17.3 Å². The van der Waals surface area contributed by atoms with Gasteiger partial charge in [0.25, 0.3) is 0 Å². The number of carboxylic acid groups (broad SMARTS) is 1. The van der Waals surface area contributed by atoms with Gasteiger partial charge in [0.05, 0.1) is 5.92 Å². The molecule has 0 aromatic heterocycles. The molecule has 15 heavy (non-hydrogen) atoms. The van der Waals surface area contributed by atoms with Crippen molar-refractivity contribution < 1.29 is 9.90 Å². The van der Waals surface area contributed by atoms with Crippen molar-refractivity contribution in [1.82, 2.24) is 0 Å². The molecular formula is C13H16O2. The van der Waals surface area contributed by atoms with Gasteiger partial charge in [0.15, 0.2) is 0 Å². The summed E-state index contributed by atoms with van der Waals surface area (Å²) in [5.41, 5.74) is 2.28. The number of benzene rings is 1. The second-order valence-corrected chi connectivity index (χ2v) is 4.97. The van der Waals surface area contributed by atoms with E-state index < -0.39 is 5.97 Å². The van der Waals surface area contributed by atoms with Gasteiger partial charge in [-0.3, -0.25) is 4.79 Å². The van der Waals surface area contributed by atoms with Crippen molar-refractivity contribution in [3.05, 3.63) is 35.4 Å². The quantitative estimate of drug-likeness (QED) is 0.804. The molecule has 0 bridgehead atoms. The van der Waals surface area contributed by atoms with Gasteiger partial charge >= 0.3 is 5.97 Å². The molecule has 0 amide bonds. The van der Waals surface area contributed by atoms with Gasteiger partial charge in [-0.2, -0.15) is 0 Å². The average molecular weight is 204 g/mol. The van der Waals surface area contributed by atoms with Gasteiger partial charge in [0.2, 0.25) is 0 Å². The standard InChI is InChI=1S/C13H16O2/c1-8-6-4-5-7-9(8)10-11(12(14)15)13(10,2)3/h4-7,10-11H,1-3H3,(H,14,15). The summed E-state index contributed by atoms with van der Waals surface area (Å²) in [5.74, 6) is -0.719. The molecule has 1 saturated carbocycles. The topological polar surface area (TPSA) is 37.3 Å². The van der Waals surface area contributed by atoms with Crippen LogP contribution in [0.5, 0.6) is 0 Å². The van der Waals surface area contributed by atoms with Gasteiger partial charge in [-0.25, -0.2) is 0 Å². The molecule has 0 radical (unpaired) electrons. The third kappa shape index (κ3) is 1.44. The number of rotatable bonds is 2. The fraction of sp³-hybridized carbons (Fsp3) is 0.462. The average Bonchev–Trinajstić information content (AvgIpc) is 2.70. The van der Waals surface area contributed by atoms with Crippen LogP contribution < -0.4 is 0 Å². The molecule has 0 aliphatic heterocycles. The summed E-state index contributed by atoms with van der Waals surface area (Å²) < 4.78 is 0. The van der Waals surface area contributed by atoms with Crippen LogP contribution in [0.4, 0.5) is 0 Å². The smallest absolute Gasteiger partial charge is 0.307 e. The Hall–Kier alpha value is -1.31. The number of hydrogen-bond donors (Lipinski definition) is 1. The second kappa shape index (κ2) is 3.09. The SMILES string of the molecule is Cc1ccccc1C1C(C(=O)O)C1(C)C. The highest BCUT2D eigenvalue weighted by Gasteiger charge is 2.62. The summed E-state index contributed by atoms with van der Waals surface area (Å²) >= 11 is 0. The van der Waals surface area contributed by atoms with Crippen LogP contribution in [0.1, 0.15) is 30.9 Å². The first-order valence-corrected chi connectivity index (χ1v) is 5.24. The third-order valence-corrected chi connectivity index (χ3v) is 3.62. The van der Waals surface area contributed by atoms with Gasteiger partial charge in [-0.1, -0.05) is 38.1 Å². The minimum absolute atomic E-state index is 0.0993. The molecular weight excluding hydrogens is 188 g/mol. The van der Waals surface area contributed by atoms with Crippen molar-refractivity contribution in [1.29, 1.82) is 0 Å². The van der Waals surface area contributed by atoms with Crippen molar-refractivity contribution in [2.45, 2.75) is 26.7 Å². The van der Waals surface area contributed by atoms with Crippen molar-refractivity contribution >= 4 is 5.97 Å². The van der Waals surface area contributed by atoms with Crippen LogP contribution in [-0.4, -0.2) is 11.1 Å². The molecule has 2 rings (SSSR count). The fourth-order valence-corrected chi connectivity index (χ4v) is 2.61. The highest BCUT2D eigenvalue weighted by molar-refractivity contribution is 5.77. The lowest BCUT2D eigenvalue weighted by atomic mass is 9.99. The van der Waals surface area contributed by atoms with Gasteiger partial charge in [0, 0.05) is 5.92 Å². The van der Waals surface area contributed by atoms with Crippen molar-refractivity contribution in [2.24, 2.45) is 11.3 Å². The van der Waals surface area contributed by atoms with Crippen LogP contribution in [0.25, 0.3) is 0 Å². The molecule has 2 atom stereocenters. The van der Waals surface area contributed by atoms with Crippen LogP contribution in [0.3, 0.4) is 0 Å². The van der Waals surface area contributed by atoms with E-state index in [1.165, 1.54) is 11.1 Å². The van der Waals surface area contributed by atoms with E-state index in [2.05, 4.69) is 0 Å². The Kier molecular flexibility index (Phi) is 2.10. The van der Waals surface area contributed by atoms with Crippen molar-refractivity contribution in [3.8, 4) is 0 Å². The minimum atomic E-state index is -0.673. The Morgan fingerprint density at radius 3 is 2.40 bits per heavy atom. The summed E-state index contributed by atoms with van der Waals surface area (Å²) in [7, 11) is 0. The first kappa shape index (κ1) is 10.2. The lowest BCUT2D eigenvalue weighted by molar-refractivity contribution is -0.139. The van der Waals surface area contributed by atoms with E-state index in [1.807, 2.05) is 45.0 Å². The maximum absolute atomic E-state index is 11.1. The Morgan fingerprint density at radius 2 is 1.93 bits per heavy atom. The fourth-order valence-electron chi connectivity index (χ4n) is 2.61. The lowest BCUT2D eigenvalue weighted by Crippen LogP contribution is -2.03. The van der Waals surface area contributed by atoms with Gasteiger partial charge in [0.1, 0.15) is 0 Å². The van der Waals surface area contributed by atoms with Crippen LogP contribution in [0.15, 0.2) is 24.3 Å². The van der Waals surface area contributed by atoms with Crippen LogP contribution in [0, 0.1) is 18.3 Å². The van der Waals surface area contributed by atoms with Crippen LogP contribution in [0.2, 0.25) is 0 Å². The molecule has 2 heteroatoms. The highest BCUT2D eigenvalue weighted by Crippen LogP contribution is 2.64. The maximum Gasteiger partial charge on any atom is 0.307 e. The Bertz CT molecular complexity index is 407. The predicted molar refractivity (Wildman–Crippen MR) is 58.8 cm³/mol. The van der Waals surface area contributed by atoms with E-state index in [1.54, 1.807) is 0 Å². The van der Waals surface area contributed by atoms with Gasteiger partial charge < -0.3 is 5.11 Å². The summed E-state index contributed by atoms with van der Waals surface area (Å²) in [6, 6.07) is 8.06. The van der Waals surface area contributed by atoms with Crippen LogP contribution in [-0.2, 0) is 4.79 Å². The number of aryl methyl sites for hydroxylation is 1. The molecule has 2 unspecified atom stereocenters. The molecule has 1 aliphatic rings. The Labute approximate surface area is 89.9 Å². The molecule has 1 aromatic rings. The summed E-state index contributed by atoms with van der Waals surface area (Å²) in [6.07, 6.45) is 0. The van der Waals surface area contributed by atoms with Gasteiger partial charge in [-0.15, -0.1) is 0 Å². The molecule has 80 valence electrons.